The van der Waals surface area contributed by atoms with Crippen LogP contribution in [0.5, 0.6) is 0 Å². The minimum atomic E-state index is 0.0360. The first-order chi connectivity index (χ1) is 8.15. The third-order valence-electron chi connectivity index (χ3n) is 2.38. The molecule has 0 aromatic heterocycles. The Morgan fingerprint density at radius 3 is 2.18 bits per heavy atom. The fourth-order valence-corrected chi connectivity index (χ4v) is 2.13. The van der Waals surface area contributed by atoms with Crippen LogP contribution in [-0.2, 0) is 0 Å². The van der Waals surface area contributed by atoms with Gasteiger partial charge in [-0.1, -0.05) is 17.7 Å². The summed E-state index contributed by atoms with van der Waals surface area (Å²) >= 11 is 1.23. The van der Waals surface area contributed by atoms with E-state index in [4.69, 9.17) is 5.73 Å². The highest BCUT2D eigenvalue weighted by Crippen LogP contribution is 2.23. The highest BCUT2D eigenvalue weighted by Gasteiger charge is 2.07. The third-order valence-corrected chi connectivity index (χ3v) is 3.31. The number of benzene rings is 2. The van der Waals surface area contributed by atoms with Gasteiger partial charge in [0.2, 0.25) is 5.12 Å². The predicted octanol–water partition coefficient (Wildman–Crippen LogP) is 3.51. The lowest BCUT2D eigenvalue weighted by molar-refractivity contribution is 0.108. The molecule has 0 atom stereocenters. The van der Waals surface area contributed by atoms with Crippen LogP contribution in [0.4, 0.5) is 5.69 Å². The van der Waals surface area contributed by atoms with Crippen molar-refractivity contribution in [1.82, 2.24) is 0 Å². The Morgan fingerprint density at radius 2 is 1.59 bits per heavy atom. The van der Waals surface area contributed by atoms with Crippen LogP contribution in [0.25, 0.3) is 0 Å². The van der Waals surface area contributed by atoms with Crippen LogP contribution in [0.2, 0.25) is 0 Å². The van der Waals surface area contributed by atoms with Crippen LogP contribution < -0.4 is 5.73 Å². The van der Waals surface area contributed by atoms with Crippen LogP contribution >= 0.6 is 11.8 Å². The molecule has 0 saturated carbocycles. The van der Waals surface area contributed by atoms with Crippen LogP contribution in [0, 0.1) is 6.92 Å². The normalized spacial score (nSPS) is 10.2. The summed E-state index contributed by atoms with van der Waals surface area (Å²) in [7, 11) is 0. The second kappa shape index (κ2) is 5.06. The monoisotopic (exact) mass is 243 g/mol. The molecule has 0 aliphatic carbocycles. The average molecular weight is 243 g/mol. The molecule has 0 fully saturated rings. The maximum atomic E-state index is 11.9. The number of carbonyl (C=O) groups is 1. The van der Waals surface area contributed by atoms with Crippen molar-refractivity contribution in [3.8, 4) is 0 Å². The second-order valence-corrected chi connectivity index (χ2v) is 4.87. The Morgan fingerprint density at radius 1 is 1.00 bits per heavy atom. The highest BCUT2D eigenvalue weighted by molar-refractivity contribution is 8.14. The number of nitrogens with two attached hydrogens (primary N) is 1. The first-order valence-corrected chi connectivity index (χ1v) is 6.11. The van der Waals surface area contributed by atoms with Crippen molar-refractivity contribution in [2.24, 2.45) is 0 Å². The van der Waals surface area contributed by atoms with Crippen molar-refractivity contribution >= 4 is 22.6 Å². The number of nitrogen functional groups attached to an aromatic ring is 1. The van der Waals surface area contributed by atoms with Gasteiger partial charge in [-0.2, -0.15) is 0 Å². The SMILES string of the molecule is Cc1ccc(SC(=O)c2ccc(N)cc2)cc1. The van der Waals surface area contributed by atoms with Crippen LogP contribution in [0.3, 0.4) is 0 Å². The van der Waals surface area contributed by atoms with Gasteiger partial charge in [0.05, 0.1) is 0 Å². The molecular weight excluding hydrogens is 230 g/mol. The van der Waals surface area contributed by atoms with E-state index in [-0.39, 0.29) is 5.12 Å². The van der Waals surface area contributed by atoms with E-state index in [0.29, 0.717) is 11.3 Å². The van der Waals surface area contributed by atoms with Crippen LogP contribution in [-0.4, -0.2) is 5.12 Å². The number of hydrogen-bond acceptors (Lipinski definition) is 3. The number of thioether (sulfide) groups is 1. The van der Waals surface area contributed by atoms with Gasteiger partial charge in [0.15, 0.2) is 0 Å². The Labute approximate surface area is 105 Å². The second-order valence-electron chi connectivity index (χ2n) is 3.82. The molecule has 0 aliphatic heterocycles. The summed E-state index contributed by atoms with van der Waals surface area (Å²) in [5.74, 6) is 0. The predicted molar refractivity (Wildman–Crippen MR) is 72.2 cm³/mol. The molecule has 2 rings (SSSR count). The number of carbonyl (C=O) groups excluding carboxylic acids is 1. The molecule has 0 heterocycles. The topological polar surface area (TPSA) is 43.1 Å². The number of anilines is 1. The van der Waals surface area contributed by atoms with Gasteiger partial charge in [-0.05, 0) is 55.1 Å². The van der Waals surface area contributed by atoms with Crippen LogP contribution in [0.1, 0.15) is 15.9 Å². The first-order valence-electron chi connectivity index (χ1n) is 5.29. The van der Waals surface area contributed by atoms with E-state index in [1.54, 1.807) is 24.3 Å². The van der Waals surface area contributed by atoms with Crippen molar-refractivity contribution in [1.29, 1.82) is 0 Å². The zero-order valence-corrected chi connectivity index (χ0v) is 10.3. The minimum absolute atomic E-state index is 0.0360. The third kappa shape index (κ3) is 3.11. The van der Waals surface area contributed by atoms with Gasteiger partial charge in [0.1, 0.15) is 0 Å². The van der Waals surface area contributed by atoms with Crippen molar-refractivity contribution in [3.05, 3.63) is 59.7 Å². The zero-order valence-electron chi connectivity index (χ0n) is 9.51. The lowest BCUT2D eigenvalue weighted by Crippen LogP contribution is -1.94. The minimum Gasteiger partial charge on any atom is -0.399 e. The van der Waals surface area contributed by atoms with Crippen molar-refractivity contribution in [2.75, 3.05) is 5.73 Å². The van der Waals surface area contributed by atoms with E-state index in [9.17, 15) is 4.79 Å². The molecule has 2 nitrogen and oxygen atoms in total. The molecule has 0 unspecified atom stereocenters. The van der Waals surface area contributed by atoms with Crippen LogP contribution in [0.15, 0.2) is 53.4 Å². The molecule has 0 spiro atoms. The molecule has 0 radical (unpaired) electrons. The highest BCUT2D eigenvalue weighted by atomic mass is 32.2. The van der Waals surface area contributed by atoms with Gasteiger partial charge in [0.25, 0.3) is 0 Å². The van der Waals surface area contributed by atoms with E-state index in [1.165, 1.54) is 17.3 Å². The summed E-state index contributed by atoms with van der Waals surface area (Å²) in [6.07, 6.45) is 0. The first kappa shape index (κ1) is 11.7. The maximum absolute atomic E-state index is 11.9. The van der Waals surface area contributed by atoms with Gasteiger partial charge < -0.3 is 5.73 Å². The Bertz CT molecular complexity index is 517. The molecule has 0 aliphatic rings. The number of hydrogen-bond donors (Lipinski definition) is 1. The standard InChI is InChI=1S/C14H13NOS/c1-10-2-8-13(9-3-10)17-14(16)11-4-6-12(15)7-5-11/h2-9H,15H2,1H3. The van der Waals surface area contributed by atoms with Gasteiger partial charge >= 0.3 is 0 Å². The summed E-state index contributed by atoms with van der Waals surface area (Å²) in [5, 5.41) is 0.0360. The lowest BCUT2D eigenvalue weighted by atomic mass is 10.2. The molecule has 2 aromatic carbocycles. The molecule has 2 aromatic rings. The molecular formula is C14H13NOS. The summed E-state index contributed by atoms with van der Waals surface area (Å²) in [6.45, 7) is 2.02. The average Bonchev–Trinajstić information content (AvgIpc) is 2.33. The molecule has 0 saturated heterocycles. The Balaban J connectivity index is 2.11. The summed E-state index contributed by atoms with van der Waals surface area (Å²) < 4.78 is 0. The zero-order chi connectivity index (χ0) is 12.3. The summed E-state index contributed by atoms with van der Waals surface area (Å²) in [5.41, 5.74) is 8.11. The van der Waals surface area contributed by atoms with Crippen molar-refractivity contribution < 1.29 is 4.79 Å². The van der Waals surface area contributed by atoms with E-state index in [2.05, 4.69) is 0 Å². The van der Waals surface area contributed by atoms with Gasteiger partial charge in [-0.15, -0.1) is 0 Å². The molecule has 0 amide bonds. The summed E-state index contributed by atoms with van der Waals surface area (Å²) in [4.78, 5) is 12.9. The summed E-state index contributed by atoms with van der Waals surface area (Å²) in [6, 6.07) is 14.9. The molecule has 17 heavy (non-hydrogen) atoms. The largest absolute Gasteiger partial charge is 0.399 e. The Hall–Kier alpha value is -1.74. The quantitative estimate of drug-likeness (QED) is 0.648. The fraction of sp³-hybridized carbons (Fsp3) is 0.0714. The molecule has 0 bridgehead atoms. The molecule has 86 valence electrons. The van der Waals surface area contributed by atoms with Crippen molar-refractivity contribution in [2.45, 2.75) is 11.8 Å². The van der Waals surface area contributed by atoms with E-state index < -0.39 is 0 Å². The number of aryl methyl sites for hydroxylation is 1. The molecule has 2 N–H and O–H groups in total. The Kier molecular flexibility index (Phi) is 3.49. The van der Waals surface area contributed by atoms with E-state index in [1.807, 2.05) is 31.2 Å². The number of rotatable bonds is 2. The van der Waals surface area contributed by atoms with Gasteiger partial charge in [-0.3, -0.25) is 4.79 Å². The van der Waals surface area contributed by atoms with E-state index >= 15 is 0 Å². The fourth-order valence-electron chi connectivity index (χ4n) is 1.39. The molecule has 3 heteroatoms. The maximum Gasteiger partial charge on any atom is 0.224 e. The van der Waals surface area contributed by atoms with Gasteiger partial charge in [0, 0.05) is 16.1 Å². The van der Waals surface area contributed by atoms with Gasteiger partial charge in [-0.25, -0.2) is 0 Å². The smallest absolute Gasteiger partial charge is 0.224 e. The lowest BCUT2D eigenvalue weighted by Gasteiger charge is -2.02. The van der Waals surface area contributed by atoms with Crippen molar-refractivity contribution in [3.63, 3.8) is 0 Å². The van der Waals surface area contributed by atoms with E-state index in [0.717, 1.165) is 4.90 Å².